The maximum Gasteiger partial charge on any atom is 0.234 e. The van der Waals surface area contributed by atoms with Crippen molar-refractivity contribution in [1.29, 1.82) is 5.26 Å². The topological polar surface area (TPSA) is 82.0 Å². The fourth-order valence-corrected chi connectivity index (χ4v) is 4.57. The number of nitriles is 1. The number of thiophene rings is 1. The quantitative estimate of drug-likeness (QED) is 0.754. The highest BCUT2D eigenvalue weighted by atomic mass is 35.5. The molecule has 0 aliphatic carbocycles. The van der Waals surface area contributed by atoms with Gasteiger partial charge in [-0.3, -0.25) is 9.59 Å². The standard InChI is InChI=1S/C19H16ClN3O2S2/c1-11-4-5-12(7-15(11)20)22-18(25)10-27-19-14(9-21)13(8-17(24)23-19)16-3-2-6-26-16/h2-7,13H,8,10H2,1H3,(H,22,25)(H,23,24)/t13-/m1/s1. The molecule has 2 heterocycles. The van der Waals surface area contributed by atoms with Crippen LogP contribution >= 0.6 is 34.7 Å². The van der Waals surface area contributed by atoms with Crippen LogP contribution in [0.4, 0.5) is 5.69 Å². The van der Waals surface area contributed by atoms with Crippen LogP contribution < -0.4 is 10.6 Å². The monoisotopic (exact) mass is 417 g/mol. The normalized spacial score (nSPS) is 16.6. The molecule has 0 saturated carbocycles. The van der Waals surface area contributed by atoms with E-state index in [0.717, 1.165) is 22.2 Å². The van der Waals surface area contributed by atoms with Crippen LogP contribution in [0.1, 0.15) is 22.8 Å². The zero-order valence-electron chi connectivity index (χ0n) is 14.4. The Morgan fingerprint density at radius 2 is 2.30 bits per heavy atom. The van der Waals surface area contributed by atoms with E-state index in [2.05, 4.69) is 16.7 Å². The van der Waals surface area contributed by atoms with Gasteiger partial charge in [-0.1, -0.05) is 35.5 Å². The summed E-state index contributed by atoms with van der Waals surface area (Å²) in [6.45, 7) is 1.88. The highest BCUT2D eigenvalue weighted by molar-refractivity contribution is 8.03. The molecule has 2 aromatic rings. The first kappa shape index (κ1) is 19.5. The van der Waals surface area contributed by atoms with E-state index in [9.17, 15) is 14.9 Å². The Hall–Kier alpha value is -2.27. The molecule has 0 saturated heterocycles. The number of halogens is 1. The molecule has 1 aromatic heterocycles. The third-order valence-electron chi connectivity index (χ3n) is 4.05. The predicted octanol–water partition coefficient (Wildman–Crippen LogP) is 4.42. The molecule has 1 aliphatic heterocycles. The summed E-state index contributed by atoms with van der Waals surface area (Å²) < 4.78 is 0. The average molecular weight is 418 g/mol. The van der Waals surface area contributed by atoms with Gasteiger partial charge in [-0.25, -0.2) is 0 Å². The summed E-state index contributed by atoms with van der Waals surface area (Å²) >= 11 is 8.74. The number of rotatable bonds is 5. The van der Waals surface area contributed by atoms with Gasteiger partial charge in [-0.05, 0) is 36.1 Å². The Bertz CT molecular complexity index is 948. The Kier molecular flexibility index (Phi) is 6.22. The van der Waals surface area contributed by atoms with Crippen molar-refractivity contribution < 1.29 is 9.59 Å². The molecule has 1 atom stereocenters. The van der Waals surface area contributed by atoms with Crippen molar-refractivity contribution in [3.05, 3.63) is 61.8 Å². The lowest BCUT2D eigenvalue weighted by atomic mass is 9.93. The molecule has 3 rings (SSSR count). The fourth-order valence-electron chi connectivity index (χ4n) is 2.67. The Labute approximate surface area is 170 Å². The van der Waals surface area contributed by atoms with E-state index in [-0.39, 0.29) is 29.9 Å². The van der Waals surface area contributed by atoms with Gasteiger partial charge in [0.1, 0.15) is 0 Å². The van der Waals surface area contributed by atoms with Crippen LogP contribution in [0.5, 0.6) is 0 Å². The molecule has 0 bridgehead atoms. The minimum atomic E-state index is -0.259. The van der Waals surface area contributed by atoms with Crippen LogP contribution in [0.15, 0.2) is 46.3 Å². The van der Waals surface area contributed by atoms with Gasteiger partial charge in [0.25, 0.3) is 0 Å². The van der Waals surface area contributed by atoms with Crippen LogP contribution in [0, 0.1) is 18.3 Å². The molecule has 5 nitrogen and oxygen atoms in total. The second kappa shape index (κ2) is 8.61. The smallest absolute Gasteiger partial charge is 0.234 e. The first-order chi connectivity index (χ1) is 13.0. The van der Waals surface area contributed by atoms with E-state index in [0.29, 0.717) is 21.3 Å². The largest absolute Gasteiger partial charge is 0.325 e. The second-order valence-corrected chi connectivity index (χ2v) is 8.35. The lowest BCUT2D eigenvalue weighted by molar-refractivity contribution is -0.121. The van der Waals surface area contributed by atoms with Crippen molar-refractivity contribution >= 4 is 52.2 Å². The fraction of sp³-hybridized carbons (Fsp3) is 0.211. The van der Waals surface area contributed by atoms with Crippen molar-refractivity contribution in [2.45, 2.75) is 19.3 Å². The van der Waals surface area contributed by atoms with Gasteiger partial charge >= 0.3 is 0 Å². The number of amides is 2. The Balaban J connectivity index is 1.71. The van der Waals surface area contributed by atoms with Gasteiger partial charge < -0.3 is 10.6 Å². The molecule has 1 aliphatic rings. The maximum absolute atomic E-state index is 12.2. The van der Waals surface area contributed by atoms with Gasteiger partial charge in [-0.2, -0.15) is 5.26 Å². The number of benzene rings is 1. The molecule has 0 spiro atoms. The average Bonchev–Trinajstić information content (AvgIpc) is 3.17. The third kappa shape index (κ3) is 4.72. The summed E-state index contributed by atoms with van der Waals surface area (Å²) in [5.41, 5.74) is 2.03. The number of carbonyl (C=O) groups is 2. The van der Waals surface area contributed by atoms with Crippen molar-refractivity contribution in [2.24, 2.45) is 0 Å². The lowest BCUT2D eigenvalue weighted by Crippen LogP contribution is -2.31. The molecule has 8 heteroatoms. The summed E-state index contributed by atoms with van der Waals surface area (Å²) in [4.78, 5) is 25.3. The van der Waals surface area contributed by atoms with E-state index >= 15 is 0 Å². The van der Waals surface area contributed by atoms with E-state index < -0.39 is 0 Å². The second-order valence-electron chi connectivity index (χ2n) is 5.98. The minimum Gasteiger partial charge on any atom is -0.325 e. The van der Waals surface area contributed by atoms with Crippen LogP contribution in [0.25, 0.3) is 0 Å². The van der Waals surface area contributed by atoms with E-state index in [1.165, 1.54) is 11.3 Å². The molecule has 0 unspecified atom stereocenters. The molecule has 0 radical (unpaired) electrons. The van der Waals surface area contributed by atoms with Crippen LogP contribution in [0.3, 0.4) is 0 Å². The molecule has 1 aromatic carbocycles. The summed E-state index contributed by atoms with van der Waals surface area (Å²) in [7, 11) is 0. The van der Waals surface area contributed by atoms with E-state index in [4.69, 9.17) is 11.6 Å². The number of allylic oxidation sites excluding steroid dienone is 1. The SMILES string of the molecule is Cc1ccc(NC(=O)CSC2=C(C#N)[C@H](c3cccs3)CC(=O)N2)cc1Cl. The molecule has 138 valence electrons. The van der Waals surface area contributed by atoms with E-state index in [1.54, 1.807) is 12.1 Å². The molecule has 0 fully saturated rings. The van der Waals surface area contributed by atoms with Crippen molar-refractivity contribution in [3.8, 4) is 6.07 Å². The number of nitrogens with zero attached hydrogens (tertiary/aromatic N) is 1. The Morgan fingerprint density at radius 1 is 1.48 bits per heavy atom. The molecular formula is C19H16ClN3O2S2. The van der Waals surface area contributed by atoms with Crippen LogP contribution in [0.2, 0.25) is 5.02 Å². The summed E-state index contributed by atoms with van der Waals surface area (Å²) in [5, 5.41) is 18.0. The zero-order chi connectivity index (χ0) is 19.4. The summed E-state index contributed by atoms with van der Waals surface area (Å²) in [5.74, 6) is -0.577. The number of hydrogen-bond donors (Lipinski definition) is 2. The minimum absolute atomic E-state index is 0.0729. The van der Waals surface area contributed by atoms with Crippen LogP contribution in [-0.4, -0.2) is 17.6 Å². The third-order valence-corrected chi connectivity index (χ3v) is 6.46. The Morgan fingerprint density at radius 3 is 2.96 bits per heavy atom. The lowest BCUT2D eigenvalue weighted by Gasteiger charge is -2.23. The van der Waals surface area contributed by atoms with Gasteiger partial charge in [0.15, 0.2) is 0 Å². The van der Waals surface area contributed by atoms with Crippen LogP contribution in [-0.2, 0) is 9.59 Å². The van der Waals surface area contributed by atoms with Crippen molar-refractivity contribution in [1.82, 2.24) is 5.32 Å². The molecule has 27 heavy (non-hydrogen) atoms. The zero-order valence-corrected chi connectivity index (χ0v) is 16.8. The van der Waals surface area contributed by atoms with Gasteiger partial charge in [0.2, 0.25) is 11.8 Å². The first-order valence-corrected chi connectivity index (χ1v) is 10.4. The number of nitrogens with one attached hydrogen (secondary N) is 2. The highest BCUT2D eigenvalue weighted by Gasteiger charge is 2.30. The number of aryl methyl sites for hydroxylation is 1. The number of anilines is 1. The summed E-state index contributed by atoms with van der Waals surface area (Å²) in [6.07, 6.45) is 0.238. The summed E-state index contributed by atoms with van der Waals surface area (Å²) in [6, 6.07) is 11.3. The molecule has 2 N–H and O–H groups in total. The number of thioether (sulfide) groups is 1. The number of hydrogen-bond acceptors (Lipinski definition) is 5. The van der Waals surface area contributed by atoms with Gasteiger partial charge in [0.05, 0.1) is 22.4 Å². The van der Waals surface area contributed by atoms with Gasteiger partial charge in [-0.15, -0.1) is 11.3 Å². The van der Waals surface area contributed by atoms with E-state index in [1.807, 2.05) is 30.5 Å². The maximum atomic E-state index is 12.2. The predicted molar refractivity (Wildman–Crippen MR) is 110 cm³/mol. The molecule has 2 amide bonds. The van der Waals surface area contributed by atoms with Gasteiger partial charge in [0, 0.05) is 27.9 Å². The number of carbonyl (C=O) groups excluding carboxylic acids is 2. The highest BCUT2D eigenvalue weighted by Crippen LogP contribution is 2.37. The van der Waals surface area contributed by atoms with Crippen molar-refractivity contribution in [2.75, 3.05) is 11.1 Å². The molecular weight excluding hydrogens is 402 g/mol. The van der Waals surface area contributed by atoms with Crippen molar-refractivity contribution in [3.63, 3.8) is 0 Å². The first-order valence-electron chi connectivity index (χ1n) is 8.14.